The van der Waals surface area contributed by atoms with Crippen LogP contribution in [0.25, 0.3) is 0 Å². The summed E-state index contributed by atoms with van der Waals surface area (Å²) in [6.45, 7) is 11.4. The smallest absolute Gasteiger partial charge is 0.130 e. The molecule has 0 aliphatic rings. The molecule has 0 radical (unpaired) electrons. The Morgan fingerprint density at radius 2 is 1.92 bits per heavy atom. The van der Waals surface area contributed by atoms with Crippen molar-refractivity contribution in [1.82, 2.24) is 0 Å². The van der Waals surface area contributed by atoms with Crippen molar-refractivity contribution in [3.8, 4) is 0 Å². The van der Waals surface area contributed by atoms with Gasteiger partial charge in [-0.15, -0.1) is 0 Å². The molecule has 0 aromatic rings. The van der Waals surface area contributed by atoms with Gasteiger partial charge >= 0.3 is 0 Å². The number of hydrogen-bond acceptors (Lipinski definition) is 1. The summed E-state index contributed by atoms with van der Waals surface area (Å²) in [7, 11) is 0. The maximum Gasteiger partial charge on any atom is 0.130 e. The zero-order valence-electron chi connectivity index (χ0n) is 8.48. The van der Waals surface area contributed by atoms with E-state index in [2.05, 4.69) is 6.58 Å². The fourth-order valence-electron chi connectivity index (χ4n) is 1.07. The Balaban J connectivity index is 4.21. The van der Waals surface area contributed by atoms with Gasteiger partial charge in [0.05, 0.1) is 0 Å². The predicted molar refractivity (Wildman–Crippen MR) is 53.0 cm³/mol. The molecule has 0 N–H and O–H groups in total. The molecule has 0 atom stereocenters. The minimum absolute atomic E-state index is 0.0369. The highest BCUT2D eigenvalue weighted by Gasteiger charge is 2.15. The molecule has 0 aliphatic carbocycles. The van der Waals surface area contributed by atoms with E-state index in [0.29, 0.717) is 6.42 Å². The van der Waals surface area contributed by atoms with Crippen LogP contribution in [0.3, 0.4) is 0 Å². The molecule has 0 aromatic carbocycles. The number of carbonyl (C=O) groups excluding carboxylic acids is 1. The lowest BCUT2D eigenvalue weighted by molar-refractivity contribution is -0.118. The molecule has 0 spiro atoms. The first kappa shape index (κ1) is 11.2. The molecule has 0 rings (SSSR count). The van der Waals surface area contributed by atoms with Crippen LogP contribution in [-0.4, -0.2) is 5.78 Å². The van der Waals surface area contributed by atoms with Crippen molar-refractivity contribution in [2.24, 2.45) is 5.41 Å². The lowest BCUT2D eigenvalue weighted by atomic mass is 9.87. The van der Waals surface area contributed by atoms with Gasteiger partial charge in [0.15, 0.2) is 0 Å². The van der Waals surface area contributed by atoms with Crippen molar-refractivity contribution < 1.29 is 4.79 Å². The van der Waals surface area contributed by atoms with E-state index in [1.165, 1.54) is 0 Å². The summed E-state index contributed by atoms with van der Waals surface area (Å²) in [5.41, 5.74) is 0.983. The molecule has 12 heavy (non-hydrogen) atoms. The normalized spacial score (nSPS) is 12.0. The van der Waals surface area contributed by atoms with E-state index in [-0.39, 0.29) is 11.2 Å². The maximum atomic E-state index is 10.8. The first-order valence-electron chi connectivity index (χ1n) is 4.18. The number of carbonyl (C=O) groups is 1. The summed E-state index contributed by atoms with van der Waals surface area (Å²) in [5.74, 6) is 0.228. The molecule has 0 amide bonds. The molecular formula is C11H18O. The van der Waals surface area contributed by atoms with Crippen LogP contribution in [-0.2, 0) is 4.79 Å². The van der Waals surface area contributed by atoms with Gasteiger partial charge in [-0.2, -0.15) is 0 Å². The Morgan fingerprint density at radius 1 is 1.42 bits per heavy atom. The van der Waals surface area contributed by atoms with Crippen LogP contribution in [0.1, 0.15) is 34.1 Å². The summed E-state index contributed by atoms with van der Waals surface area (Å²) >= 11 is 0. The van der Waals surface area contributed by atoms with Crippen LogP contribution >= 0.6 is 0 Å². The summed E-state index contributed by atoms with van der Waals surface area (Å²) in [4.78, 5) is 10.8. The van der Waals surface area contributed by atoms with E-state index in [0.717, 1.165) is 5.57 Å². The molecule has 0 heterocycles. The highest BCUT2D eigenvalue weighted by Crippen LogP contribution is 2.22. The van der Waals surface area contributed by atoms with Crippen LogP contribution in [0.15, 0.2) is 24.3 Å². The van der Waals surface area contributed by atoms with Crippen LogP contribution in [0, 0.1) is 5.41 Å². The number of ketones is 1. The van der Waals surface area contributed by atoms with E-state index in [4.69, 9.17) is 0 Å². The Hall–Kier alpha value is -0.850. The van der Waals surface area contributed by atoms with Crippen molar-refractivity contribution in [2.75, 3.05) is 0 Å². The highest BCUT2D eigenvalue weighted by atomic mass is 16.1. The number of rotatable bonds is 4. The molecule has 0 saturated heterocycles. The molecule has 0 aliphatic heterocycles. The molecule has 0 bridgehead atoms. The molecule has 1 nitrogen and oxygen atoms in total. The maximum absolute atomic E-state index is 10.8. The minimum atomic E-state index is -0.0369. The van der Waals surface area contributed by atoms with E-state index in [1.807, 2.05) is 32.9 Å². The van der Waals surface area contributed by atoms with E-state index in [9.17, 15) is 4.79 Å². The van der Waals surface area contributed by atoms with E-state index in [1.54, 1.807) is 6.92 Å². The number of Topliss-reactive ketones (excluding diaryl/α,β-unsaturated/α-hetero) is 1. The second-order valence-electron chi connectivity index (χ2n) is 4.05. The van der Waals surface area contributed by atoms with E-state index < -0.39 is 0 Å². The Bertz CT molecular complexity index is 209. The summed E-state index contributed by atoms with van der Waals surface area (Å²) in [5, 5.41) is 0. The van der Waals surface area contributed by atoms with Gasteiger partial charge in [0.1, 0.15) is 5.78 Å². The zero-order chi connectivity index (χ0) is 9.78. The molecule has 0 fully saturated rings. The Morgan fingerprint density at radius 3 is 2.25 bits per heavy atom. The fourth-order valence-corrected chi connectivity index (χ4v) is 1.07. The monoisotopic (exact) mass is 166 g/mol. The van der Waals surface area contributed by atoms with Crippen LogP contribution in [0.2, 0.25) is 0 Å². The molecule has 0 aromatic heterocycles. The van der Waals surface area contributed by atoms with Gasteiger partial charge in [-0.3, -0.25) is 4.79 Å². The third kappa shape index (κ3) is 5.90. The van der Waals surface area contributed by atoms with Crippen molar-refractivity contribution in [1.29, 1.82) is 0 Å². The third-order valence-electron chi connectivity index (χ3n) is 1.52. The second kappa shape index (κ2) is 4.24. The predicted octanol–water partition coefficient (Wildman–Crippen LogP) is 3.12. The molecular weight excluding hydrogens is 148 g/mol. The van der Waals surface area contributed by atoms with Gasteiger partial charge in [-0.05, 0) is 19.3 Å². The average Bonchev–Trinajstić information content (AvgIpc) is 1.81. The van der Waals surface area contributed by atoms with Gasteiger partial charge in [-0.25, -0.2) is 0 Å². The molecule has 0 saturated carbocycles. The number of allylic oxidation sites excluding steroid dienone is 3. The molecule has 1 heteroatoms. The average molecular weight is 166 g/mol. The summed E-state index contributed by atoms with van der Waals surface area (Å²) < 4.78 is 0. The highest BCUT2D eigenvalue weighted by molar-refractivity contribution is 5.76. The topological polar surface area (TPSA) is 17.1 Å². The van der Waals surface area contributed by atoms with Crippen molar-refractivity contribution in [3.05, 3.63) is 24.3 Å². The minimum Gasteiger partial charge on any atom is -0.300 e. The van der Waals surface area contributed by atoms with Gasteiger partial charge in [0.25, 0.3) is 0 Å². The van der Waals surface area contributed by atoms with Gasteiger partial charge in [0.2, 0.25) is 0 Å². The molecule has 0 unspecified atom stereocenters. The Kier molecular flexibility index (Phi) is 3.94. The third-order valence-corrected chi connectivity index (χ3v) is 1.52. The summed E-state index contributed by atoms with van der Waals surface area (Å²) in [6, 6.07) is 0. The number of hydrogen-bond donors (Lipinski definition) is 0. The second-order valence-corrected chi connectivity index (χ2v) is 4.05. The van der Waals surface area contributed by atoms with Gasteiger partial charge in [0, 0.05) is 6.42 Å². The van der Waals surface area contributed by atoms with Crippen molar-refractivity contribution in [2.45, 2.75) is 34.1 Å². The first-order chi connectivity index (χ1) is 5.33. The van der Waals surface area contributed by atoms with Crippen LogP contribution < -0.4 is 0 Å². The standard InChI is InChI=1S/C11H18O/c1-9(2)6-7-11(4,5)8-10(3)12/h6-7H,1,8H2,2-5H3/b7-6+. The van der Waals surface area contributed by atoms with Gasteiger partial charge in [-0.1, -0.05) is 38.2 Å². The van der Waals surface area contributed by atoms with Gasteiger partial charge < -0.3 is 0 Å². The molecule has 68 valence electrons. The van der Waals surface area contributed by atoms with Crippen molar-refractivity contribution >= 4 is 5.78 Å². The largest absolute Gasteiger partial charge is 0.300 e. The lowest BCUT2D eigenvalue weighted by Gasteiger charge is -2.17. The SMILES string of the molecule is C=C(C)/C=C/C(C)(C)CC(C)=O. The lowest BCUT2D eigenvalue weighted by Crippen LogP contribution is -2.11. The van der Waals surface area contributed by atoms with Crippen LogP contribution in [0.4, 0.5) is 0 Å². The van der Waals surface area contributed by atoms with E-state index >= 15 is 0 Å². The fraction of sp³-hybridized carbons (Fsp3) is 0.545. The summed E-state index contributed by atoms with van der Waals surface area (Å²) in [6.07, 6.45) is 4.59. The Labute approximate surface area is 75.2 Å². The first-order valence-corrected chi connectivity index (χ1v) is 4.18. The quantitative estimate of drug-likeness (QED) is 0.586. The van der Waals surface area contributed by atoms with Crippen molar-refractivity contribution in [3.63, 3.8) is 0 Å². The van der Waals surface area contributed by atoms with Crippen LogP contribution in [0.5, 0.6) is 0 Å². The zero-order valence-corrected chi connectivity index (χ0v) is 8.48.